The Labute approximate surface area is 118 Å². The van der Waals surface area contributed by atoms with Gasteiger partial charge in [-0.2, -0.15) is 0 Å². The molecule has 2 atom stereocenters. The lowest BCUT2D eigenvalue weighted by Gasteiger charge is -2.23. The number of halogens is 2. The van der Waals surface area contributed by atoms with Crippen molar-refractivity contribution in [3.8, 4) is 0 Å². The van der Waals surface area contributed by atoms with E-state index < -0.39 is 0 Å². The van der Waals surface area contributed by atoms with Crippen LogP contribution >= 0.6 is 0 Å². The van der Waals surface area contributed by atoms with Gasteiger partial charge >= 0.3 is 0 Å². The Hall–Kier alpha value is -1.74. The van der Waals surface area contributed by atoms with E-state index in [0.717, 1.165) is 17.5 Å². The van der Waals surface area contributed by atoms with Gasteiger partial charge in [0.15, 0.2) is 0 Å². The summed E-state index contributed by atoms with van der Waals surface area (Å²) in [5.41, 5.74) is 1.80. The van der Waals surface area contributed by atoms with Crippen LogP contribution in [0.1, 0.15) is 43.5 Å². The maximum absolute atomic E-state index is 13.3. The molecule has 106 valence electrons. The summed E-state index contributed by atoms with van der Waals surface area (Å²) in [6.07, 6.45) is 0.836. The first-order valence-electron chi connectivity index (χ1n) is 6.87. The first kappa shape index (κ1) is 14.7. The zero-order chi connectivity index (χ0) is 14.5. The van der Waals surface area contributed by atoms with Crippen molar-refractivity contribution in [2.75, 3.05) is 0 Å². The molecule has 0 aliphatic rings. The summed E-state index contributed by atoms with van der Waals surface area (Å²) >= 11 is 0. The van der Waals surface area contributed by atoms with Crippen LogP contribution in [0.5, 0.6) is 0 Å². The quantitative estimate of drug-likeness (QED) is 0.829. The number of hydrogen-bond donors (Lipinski definition) is 1. The van der Waals surface area contributed by atoms with Gasteiger partial charge in [-0.1, -0.05) is 31.2 Å². The Bertz CT molecular complexity index is 568. The van der Waals surface area contributed by atoms with Crippen molar-refractivity contribution >= 4 is 0 Å². The van der Waals surface area contributed by atoms with Gasteiger partial charge in [-0.05, 0) is 48.7 Å². The van der Waals surface area contributed by atoms with Crippen molar-refractivity contribution < 1.29 is 8.78 Å². The minimum absolute atomic E-state index is 0.00100. The molecule has 20 heavy (non-hydrogen) atoms. The van der Waals surface area contributed by atoms with Gasteiger partial charge in [-0.25, -0.2) is 8.78 Å². The minimum atomic E-state index is -0.241. The second-order valence-electron chi connectivity index (χ2n) is 4.96. The average Bonchev–Trinajstić information content (AvgIpc) is 2.44. The van der Waals surface area contributed by atoms with E-state index in [2.05, 4.69) is 5.32 Å². The summed E-state index contributed by atoms with van der Waals surface area (Å²) in [5.74, 6) is -0.476. The van der Waals surface area contributed by atoms with E-state index in [1.54, 1.807) is 18.2 Å². The molecular weight excluding hydrogens is 256 g/mol. The Kier molecular flexibility index (Phi) is 4.85. The Morgan fingerprint density at radius 3 is 2.05 bits per heavy atom. The monoisotopic (exact) mass is 275 g/mol. The highest BCUT2D eigenvalue weighted by Gasteiger charge is 2.14. The Morgan fingerprint density at radius 1 is 0.950 bits per heavy atom. The average molecular weight is 275 g/mol. The zero-order valence-electron chi connectivity index (χ0n) is 11.7. The smallest absolute Gasteiger partial charge is 0.123 e. The molecule has 2 aromatic carbocycles. The predicted molar refractivity (Wildman–Crippen MR) is 77.4 cm³/mol. The standard InChI is InChI=1S/C17H19F2N/c1-3-17(14-7-5-9-16(19)11-14)20-12(2)13-6-4-8-15(18)10-13/h4-12,17,20H,3H2,1-2H3/t12-,17?/m0/s1. The lowest BCUT2D eigenvalue weighted by molar-refractivity contribution is 0.453. The Balaban J connectivity index is 2.14. The van der Waals surface area contributed by atoms with E-state index in [4.69, 9.17) is 0 Å². The van der Waals surface area contributed by atoms with Gasteiger partial charge in [0.25, 0.3) is 0 Å². The molecule has 0 fully saturated rings. The third kappa shape index (κ3) is 3.64. The van der Waals surface area contributed by atoms with Crippen LogP contribution in [0, 0.1) is 11.6 Å². The van der Waals surface area contributed by atoms with Gasteiger partial charge in [0.1, 0.15) is 11.6 Å². The van der Waals surface area contributed by atoms with Gasteiger partial charge in [-0.15, -0.1) is 0 Å². The van der Waals surface area contributed by atoms with Gasteiger partial charge in [0.2, 0.25) is 0 Å². The summed E-state index contributed by atoms with van der Waals surface area (Å²) in [6.45, 7) is 4.03. The minimum Gasteiger partial charge on any atom is -0.303 e. The summed E-state index contributed by atoms with van der Waals surface area (Å²) in [5, 5.41) is 3.42. The molecule has 1 N–H and O–H groups in total. The molecule has 0 radical (unpaired) electrons. The predicted octanol–water partition coefficient (Wildman–Crippen LogP) is 4.77. The second kappa shape index (κ2) is 6.62. The van der Waals surface area contributed by atoms with Crippen LogP contribution < -0.4 is 5.32 Å². The molecule has 0 aliphatic carbocycles. The summed E-state index contributed by atoms with van der Waals surface area (Å²) in [7, 11) is 0. The zero-order valence-corrected chi connectivity index (χ0v) is 11.7. The lowest BCUT2D eigenvalue weighted by Crippen LogP contribution is -2.24. The topological polar surface area (TPSA) is 12.0 Å². The van der Waals surface area contributed by atoms with E-state index in [-0.39, 0.29) is 23.7 Å². The van der Waals surface area contributed by atoms with Crippen molar-refractivity contribution in [2.45, 2.75) is 32.4 Å². The fraction of sp³-hybridized carbons (Fsp3) is 0.294. The Morgan fingerprint density at radius 2 is 1.50 bits per heavy atom. The summed E-state index contributed by atoms with van der Waals surface area (Å²) in [6, 6.07) is 13.2. The summed E-state index contributed by atoms with van der Waals surface area (Å²) in [4.78, 5) is 0. The molecule has 2 aromatic rings. The van der Waals surface area contributed by atoms with Crippen LogP contribution in [0.2, 0.25) is 0 Å². The number of nitrogens with one attached hydrogen (secondary N) is 1. The van der Waals surface area contributed by atoms with Crippen LogP contribution in [0.4, 0.5) is 8.78 Å². The van der Waals surface area contributed by atoms with E-state index >= 15 is 0 Å². The normalized spacial score (nSPS) is 14.0. The van der Waals surface area contributed by atoms with Crippen molar-refractivity contribution in [3.05, 3.63) is 71.3 Å². The summed E-state index contributed by atoms with van der Waals surface area (Å²) < 4.78 is 26.5. The van der Waals surface area contributed by atoms with Crippen molar-refractivity contribution in [3.63, 3.8) is 0 Å². The fourth-order valence-electron chi connectivity index (χ4n) is 2.35. The number of rotatable bonds is 5. The highest BCUT2D eigenvalue weighted by molar-refractivity contribution is 5.23. The molecule has 1 nitrogen and oxygen atoms in total. The van der Waals surface area contributed by atoms with E-state index in [1.165, 1.54) is 18.2 Å². The molecular formula is C17H19F2N. The maximum Gasteiger partial charge on any atom is 0.123 e. The van der Waals surface area contributed by atoms with Gasteiger partial charge in [-0.3, -0.25) is 0 Å². The molecule has 0 saturated carbocycles. The number of benzene rings is 2. The molecule has 0 aliphatic heterocycles. The molecule has 0 spiro atoms. The first-order valence-corrected chi connectivity index (χ1v) is 6.87. The second-order valence-corrected chi connectivity index (χ2v) is 4.96. The van der Waals surface area contributed by atoms with Gasteiger partial charge in [0.05, 0.1) is 0 Å². The van der Waals surface area contributed by atoms with E-state index in [1.807, 2.05) is 26.0 Å². The highest BCUT2D eigenvalue weighted by Crippen LogP contribution is 2.23. The molecule has 3 heteroatoms. The highest BCUT2D eigenvalue weighted by atomic mass is 19.1. The van der Waals surface area contributed by atoms with Crippen molar-refractivity contribution in [1.29, 1.82) is 0 Å². The third-order valence-electron chi connectivity index (χ3n) is 3.46. The van der Waals surface area contributed by atoms with Gasteiger partial charge in [0, 0.05) is 12.1 Å². The largest absolute Gasteiger partial charge is 0.303 e. The fourth-order valence-corrected chi connectivity index (χ4v) is 2.35. The molecule has 0 amide bonds. The molecule has 0 saturated heterocycles. The molecule has 0 aromatic heterocycles. The molecule has 1 unspecified atom stereocenters. The van der Waals surface area contributed by atoms with Crippen LogP contribution in [0.15, 0.2) is 48.5 Å². The molecule has 0 heterocycles. The van der Waals surface area contributed by atoms with E-state index in [9.17, 15) is 8.78 Å². The van der Waals surface area contributed by atoms with Crippen LogP contribution in [-0.4, -0.2) is 0 Å². The van der Waals surface area contributed by atoms with Crippen LogP contribution in [-0.2, 0) is 0 Å². The third-order valence-corrected chi connectivity index (χ3v) is 3.46. The molecule has 0 bridgehead atoms. The van der Waals surface area contributed by atoms with Crippen molar-refractivity contribution in [2.24, 2.45) is 0 Å². The van der Waals surface area contributed by atoms with E-state index in [0.29, 0.717) is 0 Å². The maximum atomic E-state index is 13.3. The number of hydrogen-bond acceptors (Lipinski definition) is 1. The first-order chi connectivity index (χ1) is 9.60. The lowest BCUT2D eigenvalue weighted by atomic mass is 10.0. The van der Waals surface area contributed by atoms with Crippen LogP contribution in [0.3, 0.4) is 0 Å². The van der Waals surface area contributed by atoms with Crippen LogP contribution in [0.25, 0.3) is 0 Å². The van der Waals surface area contributed by atoms with Gasteiger partial charge < -0.3 is 5.32 Å². The SMILES string of the molecule is CCC(N[C@@H](C)c1cccc(F)c1)c1cccc(F)c1. The van der Waals surface area contributed by atoms with Crippen molar-refractivity contribution in [1.82, 2.24) is 5.32 Å². The molecule has 2 rings (SSSR count).